The number of unbranched alkanes of at least 4 members (excludes halogenated alkanes) is 2. The van der Waals surface area contributed by atoms with Gasteiger partial charge in [-0.2, -0.15) is 0 Å². The predicted molar refractivity (Wildman–Crippen MR) is 43.1 cm³/mol. The third kappa shape index (κ3) is 7.28. The molecule has 0 aromatic carbocycles. The molecule has 0 aliphatic carbocycles. The van der Waals surface area contributed by atoms with E-state index in [1.165, 1.54) is 0 Å². The highest BCUT2D eigenvalue weighted by Crippen LogP contribution is 1.97. The van der Waals surface area contributed by atoms with E-state index in [1.807, 2.05) is 0 Å². The van der Waals surface area contributed by atoms with Gasteiger partial charge in [0.05, 0.1) is 0 Å². The maximum Gasteiger partial charge on any atom is 0.138 e. The Balaban J connectivity index is 2.97. The lowest BCUT2D eigenvalue weighted by Gasteiger charge is -1.87. The van der Waals surface area contributed by atoms with E-state index in [2.05, 4.69) is 19.1 Å². The summed E-state index contributed by atoms with van der Waals surface area (Å²) in [5.41, 5.74) is 0. The molecule has 0 saturated heterocycles. The van der Waals surface area contributed by atoms with Gasteiger partial charge in [-0.1, -0.05) is 19.1 Å². The van der Waals surface area contributed by atoms with Crippen LogP contribution in [0.3, 0.4) is 0 Å². The van der Waals surface area contributed by atoms with Crippen molar-refractivity contribution in [2.75, 3.05) is 0 Å². The number of hydrogen-bond donors (Lipinski definition) is 0. The Morgan fingerprint density at radius 2 is 1.80 bits per heavy atom. The molecule has 0 aromatic rings. The van der Waals surface area contributed by atoms with Crippen molar-refractivity contribution in [3.8, 4) is 0 Å². The van der Waals surface area contributed by atoms with Crippen LogP contribution in [-0.4, -0.2) is 0 Å². The molecule has 1 radical (unpaired) electrons. The molecule has 0 saturated carbocycles. The van der Waals surface area contributed by atoms with E-state index < -0.39 is 0 Å². The Bertz CT molecular complexity index is 103. The Labute approximate surface area is 63.1 Å². The molecule has 0 bridgehead atoms. The highest BCUT2D eigenvalue weighted by molar-refractivity contribution is 4.81. The summed E-state index contributed by atoms with van der Waals surface area (Å²) in [6.45, 7) is 2.12. The average molecular weight is 139 g/mol. The summed E-state index contributed by atoms with van der Waals surface area (Å²) in [5.74, 6) is 0. The summed E-state index contributed by atoms with van der Waals surface area (Å²) in [6, 6.07) is 0. The van der Waals surface area contributed by atoms with Crippen molar-refractivity contribution >= 4 is 0 Å². The fraction of sp³-hybridized carbons (Fsp3) is 0.556. The van der Waals surface area contributed by atoms with Crippen molar-refractivity contribution in [2.24, 2.45) is 0 Å². The van der Waals surface area contributed by atoms with E-state index in [0.29, 0.717) is 0 Å². The van der Waals surface area contributed by atoms with Crippen LogP contribution in [0.5, 0.6) is 0 Å². The van der Waals surface area contributed by atoms with Crippen LogP contribution in [0.1, 0.15) is 32.6 Å². The molecule has 0 spiro atoms. The summed E-state index contributed by atoms with van der Waals surface area (Å²) < 4.78 is 0. The SMILES string of the molecule is CCC=CCCCC=C[O]. The number of rotatable bonds is 5. The van der Waals surface area contributed by atoms with Gasteiger partial charge in [0.2, 0.25) is 0 Å². The van der Waals surface area contributed by atoms with Gasteiger partial charge in [0.25, 0.3) is 0 Å². The second-order valence-electron chi connectivity index (χ2n) is 2.18. The highest BCUT2D eigenvalue weighted by atomic mass is 16.2. The maximum absolute atomic E-state index is 9.82. The van der Waals surface area contributed by atoms with Crippen molar-refractivity contribution in [3.05, 3.63) is 24.5 Å². The lowest BCUT2D eigenvalue weighted by molar-refractivity contribution is 0.349. The monoisotopic (exact) mass is 139 g/mol. The van der Waals surface area contributed by atoms with Crippen molar-refractivity contribution in [1.82, 2.24) is 0 Å². The maximum atomic E-state index is 9.82. The first-order valence-electron chi connectivity index (χ1n) is 3.83. The molecule has 0 N–H and O–H groups in total. The average Bonchev–Trinajstić information content (AvgIpc) is 1.97. The lowest BCUT2D eigenvalue weighted by atomic mass is 10.2. The van der Waals surface area contributed by atoms with Crippen molar-refractivity contribution < 1.29 is 5.11 Å². The molecule has 0 aliphatic rings. The van der Waals surface area contributed by atoms with Gasteiger partial charge < -0.3 is 0 Å². The zero-order valence-corrected chi connectivity index (χ0v) is 6.55. The summed E-state index contributed by atoms with van der Waals surface area (Å²) in [4.78, 5) is 0. The first-order valence-corrected chi connectivity index (χ1v) is 3.83. The van der Waals surface area contributed by atoms with Gasteiger partial charge in [0.15, 0.2) is 0 Å². The van der Waals surface area contributed by atoms with Crippen LogP contribution in [0, 0.1) is 0 Å². The quantitative estimate of drug-likeness (QED) is 0.317. The molecule has 0 aromatic heterocycles. The van der Waals surface area contributed by atoms with Crippen LogP contribution in [0.15, 0.2) is 24.5 Å². The molecule has 10 heavy (non-hydrogen) atoms. The zero-order valence-electron chi connectivity index (χ0n) is 6.55. The highest BCUT2D eigenvalue weighted by Gasteiger charge is 1.78. The van der Waals surface area contributed by atoms with Gasteiger partial charge in [-0.15, -0.1) is 0 Å². The van der Waals surface area contributed by atoms with E-state index in [1.54, 1.807) is 6.08 Å². The molecule has 0 heterocycles. The van der Waals surface area contributed by atoms with Crippen LogP contribution < -0.4 is 0 Å². The standard InChI is InChI=1S/C9H15O/c1-2-3-4-5-6-7-8-9-10/h3-4,8-9H,2,5-7H2,1H3. The second kappa shape index (κ2) is 8.28. The summed E-state index contributed by atoms with van der Waals surface area (Å²) in [6.07, 6.45) is 11.1. The van der Waals surface area contributed by atoms with Crippen LogP contribution in [0.25, 0.3) is 0 Å². The van der Waals surface area contributed by atoms with Gasteiger partial charge in [0.1, 0.15) is 6.26 Å². The Kier molecular flexibility index (Phi) is 7.68. The van der Waals surface area contributed by atoms with Gasteiger partial charge >= 0.3 is 0 Å². The first kappa shape index (κ1) is 9.28. The summed E-state index contributed by atoms with van der Waals surface area (Å²) in [7, 11) is 0. The van der Waals surface area contributed by atoms with E-state index in [9.17, 15) is 5.11 Å². The molecule has 57 valence electrons. The summed E-state index contributed by atoms with van der Waals surface area (Å²) >= 11 is 0. The third-order valence-electron chi connectivity index (χ3n) is 1.24. The first-order chi connectivity index (χ1) is 4.91. The molecule has 0 rings (SSSR count). The molecular weight excluding hydrogens is 124 g/mol. The summed E-state index contributed by atoms with van der Waals surface area (Å²) in [5, 5.41) is 9.82. The minimum absolute atomic E-state index is 0.865. The molecular formula is C9H15O. The predicted octanol–water partition coefficient (Wildman–Crippen LogP) is 3.07. The molecule has 0 unspecified atom stereocenters. The minimum Gasteiger partial charge on any atom is -0.299 e. The second-order valence-corrected chi connectivity index (χ2v) is 2.18. The Hall–Kier alpha value is -0.720. The largest absolute Gasteiger partial charge is 0.299 e. The van der Waals surface area contributed by atoms with Crippen LogP contribution in [-0.2, 0) is 5.11 Å². The smallest absolute Gasteiger partial charge is 0.138 e. The molecule has 1 heteroatoms. The molecule has 0 amide bonds. The molecule has 0 atom stereocenters. The van der Waals surface area contributed by atoms with Crippen molar-refractivity contribution in [3.63, 3.8) is 0 Å². The fourth-order valence-electron chi connectivity index (χ4n) is 0.706. The zero-order chi connectivity index (χ0) is 7.66. The van der Waals surface area contributed by atoms with E-state index >= 15 is 0 Å². The van der Waals surface area contributed by atoms with E-state index in [0.717, 1.165) is 31.9 Å². The Morgan fingerprint density at radius 3 is 2.40 bits per heavy atom. The lowest BCUT2D eigenvalue weighted by Crippen LogP contribution is -1.68. The van der Waals surface area contributed by atoms with Gasteiger partial charge in [-0.3, -0.25) is 5.11 Å². The Morgan fingerprint density at radius 1 is 1.10 bits per heavy atom. The van der Waals surface area contributed by atoms with E-state index in [4.69, 9.17) is 0 Å². The van der Waals surface area contributed by atoms with E-state index in [-0.39, 0.29) is 0 Å². The van der Waals surface area contributed by atoms with Gasteiger partial charge in [-0.05, 0) is 31.8 Å². The van der Waals surface area contributed by atoms with Crippen molar-refractivity contribution in [1.29, 1.82) is 0 Å². The number of hydrogen-bond acceptors (Lipinski definition) is 0. The molecule has 0 fully saturated rings. The third-order valence-corrected chi connectivity index (χ3v) is 1.24. The number of allylic oxidation sites excluding steroid dienone is 3. The van der Waals surface area contributed by atoms with Gasteiger partial charge in [0, 0.05) is 0 Å². The van der Waals surface area contributed by atoms with Crippen LogP contribution in [0.4, 0.5) is 0 Å². The van der Waals surface area contributed by atoms with Crippen molar-refractivity contribution in [2.45, 2.75) is 32.6 Å². The minimum atomic E-state index is 0.865. The topological polar surface area (TPSA) is 19.9 Å². The molecule has 0 aliphatic heterocycles. The normalized spacial score (nSPS) is 11.7. The van der Waals surface area contributed by atoms with Crippen LogP contribution >= 0.6 is 0 Å². The molecule has 1 nitrogen and oxygen atoms in total. The van der Waals surface area contributed by atoms with Crippen LogP contribution in [0.2, 0.25) is 0 Å². The fourth-order valence-corrected chi connectivity index (χ4v) is 0.706. The van der Waals surface area contributed by atoms with Gasteiger partial charge in [-0.25, -0.2) is 0 Å².